The topological polar surface area (TPSA) is 66.8 Å². The SMILES string of the molecule is COC(=O)C(C)(O)CSC(C)C(C)O. The second-order valence-corrected chi connectivity index (χ2v) is 4.89. The van der Waals surface area contributed by atoms with E-state index in [4.69, 9.17) is 0 Å². The normalized spacial score (nSPS) is 19.6. The Kier molecular flexibility index (Phi) is 5.48. The van der Waals surface area contributed by atoms with Gasteiger partial charge in [-0.3, -0.25) is 0 Å². The first-order valence-electron chi connectivity index (χ1n) is 4.41. The van der Waals surface area contributed by atoms with E-state index in [1.54, 1.807) is 6.92 Å². The number of methoxy groups -OCH3 is 1. The van der Waals surface area contributed by atoms with Gasteiger partial charge in [-0.2, -0.15) is 11.8 Å². The lowest BCUT2D eigenvalue weighted by Crippen LogP contribution is -2.39. The average Bonchev–Trinajstić information content (AvgIpc) is 2.12. The lowest BCUT2D eigenvalue weighted by Gasteiger charge is -2.22. The molecule has 14 heavy (non-hydrogen) atoms. The van der Waals surface area contributed by atoms with Crippen LogP contribution in [0.1, 0.15) is 20.8 Å². The number of carbonyl (C=O) groups is 1. The number of rotatable bonds is 5. The van der Waals surface area contributed by atoms with E-state index in [9.17, 15) is 15.0 Å². The molecular weight excluding hydrogens is 204 g/mol. The van der Waals surface area contributed by atoms with Gasteiger partial charge in [-0.05, 0) is 13.8 Å². The molecule has 4 nitrogen and oxygen atoms in total. The van der Waals surface area contributed by atoms with Gasteiger partial charge < -0.3 is 14.9 Å². The Labute approximate surface area is 88.6 Å². The molecule has 0 radical (unpaired) electrons. The van der Waals surface area contributed by atoms with Crippen LogP contribution in [0.25, 0.3) is 0 Å². The zero-order valence-corrected chi connectivity index (χ0v) is 9.80. The largest absolute Gasteiger partial charge is 0.467 e. The molecule has 0 saturated carbocycles. The maximum absolute atomic E-state index is 11.1. The average molecular weight is 222 g/mol. The van der Waals surface area contributed by atoms with Gasteiger partial charge in [-0.25, -0.2) is 4.79 Å². The van der Waals surface area contributed by atoms with Crippen molar-refractivity contribution in [2.45, 2.75) is 37.7 Å². The molecule has 0 fully saturated rings. The molecular formula is C9H18O4S. The second-order valence-electron chi connectivity index (χ2n) is 3.52. The highest BCUT2D eigenvalue weighted by Gasteiger charge is 2.32. The molecule has 0 rings (SSSR count). The van der Waals surface area contributed by atoms with Crippen molar-refractivity contribution >= 4 is 17.7 Å². The van der Waals surface area contributed by atoms with Crippen molar-refractivity contribution in [2.24, 2.45) is 0 Å². The van der Waals surface area contributed by atoms with Crippen LogP contribution >= 0.6 is 11.8 Å². The summed E-state index contributed by atoms with van der Waals surface area (Å²) in [4.78, 5) is 11.1. The molecule has 0 amide bonds. The maximum Gasteiger partial charge on any atom is 0.338 e. The molecule has 0 aromatic carbocycles. The van der Waals surface area contributed by atoms with E-state index in [0.717, 1.165) is 0 Å². The summed E-state index contributed by atoms with van der Waals surface area (Å²) >= 11 is 1.33. The molecule has 5 heteroatoms. The van der Waals surface area contributed by atoms with Crippen LogP contribution in [0.3, 0.4) is 0 Å². The number of ether oxygens (including phenoxy) is 1. The van der Waals surface area contributed by atoms with E-state index >= 15 is 0 Å². The van der Waals surface area contributed by atoms with Crippen molar-refractivity contribution in [1.82, 2.24) is 0 Å². The maximum atomic E-state index is 11.1. The summed E-state index contributed by atoms with van der Waals surface area (Å²) in [5.41, 5.74) is -1.48. The zero-order valence-electron chi connectivity index (χ0n) is 8.98. The standard InChI is InChI=1S/C9H18O4S/c1-6(10)7(2)14-5-9(3,12)8(11)13-4/h6-7,10,12H,5H2,1-4H3. The van der Waals surface area contributed by atoms with Gasteiger partial charge in [-0.1, -0.05) is 6.92 Å². The highest BCUT2D eigenvalue weighted by molar-refractivity contribution is 8.00. The molecule has 0 spiro atoms. The van der Waals surface area contributed by atoms with Gasteiger partial charge in [0, 0.05) is 11.0 Å². The minimum absolute atomic E-state index is 0.0221. The summed E-state index contributed by atoms with van der Waals surface area (Å²) in [5, 5.41) is 18.8. The summed E-state index contributed by atoms with van der Waals surface area (Å²) in [6, 6.07) is 0. The number of aliphatic hydroxyl groups excluding tert-OH is 1. The Morgan fingerprint density at radius 1 is 1.57 bits per heavy atom. The minimum atomic E-state index is -1.48. The van der Waals surface area contributed by atoms with Crippen molar-refractivity contribution in [1.29, 1.82) is 0 Å². The minimum Gasteiger partial charge on any atom is -0.467 e. The van der Waals surface area contributed by atoms with Crippen molar-refractivity contribution in [3.05, 3.63) is 0 Å². The Balaban J connectivity index is 4.05. The van der Waals surface area contributed by atoms with Crippen LogP contribution in [0, 0.1) is 0 Å². The summed E-state index contributed by atoms with van der Waals surface area (Å²) in [6.45, 7) is 4.91. The van der Waals surface area contributed by atoms with Crippen molar-refractivity contribution < 1.29 is 19.7 Å². The van der Waals surface area contributed by atoms with Gasteiger partial charge in [0.15, 0.2) is 5.60 Å². The number of carbonyl (C=O) groups excluding carboxylic acids is 1. The quantitative estimate of drug-likeness (QED) is 0.660. The molecule has 3 atom stereocenters. The van der Waals surface area contributed by atoms with Gasteiger partial charge in [0.1, 0.15) is 0 Å². The number of hydrogen-bond donors (Lipinski definition) is 2. The molecule has 0 aromatic heterocycles. The third-order valence-electron chi connectivity index (χ3n) is 1.93. The smallest absolute Gasteiger partial charge is 0.338 e. The first kappa shape index (κ1) is 13.7. The molecule has 3 unspecified atom stereocenters. The van der Waals surface area contributed by atoms with Crippen LogP contribution in [0.2, 0.25) is 0 Å². The van der Waals surface area contributed by atoms with Gasteiger partial charge in [0.25, 0.3) is 0 Å². The molecule has 84 valence electrons. The molecule has 0 bridgehead atoms. The number of aliphatic hydroxyl groups is 2. The van der Waals surface area contributed by atoms with E-state index in [-0.39, 0.29) is 11.0 Å². The second kappa shape index (κ2) is 5.58. The van der Waals surface area contributed by atoms with Gasteiger partial charge in [0.05, 0.1) is 13.2 Å². The van der Waals surface area contributed by atoms with Gasteiger partial charge in [-0.15, -0.1) is 0 Å². The van der Waals surface area contributed by atoms with E-state index in [2.05, 4.69) is 4.74 Å². The Morgan fingerprint density at radius 2 is 2.07 bits per heavy atom. The Morgan fingerprint density at radius 3 is 2.43 bits per heavy atom. The fraction of sp³-hybridized carbons (Fsp3) is 0.889. The van der Waals surface area contributed by atoms with Gasteiger partial charge in [0.2, 0.25) is 0 Å². The van der Waals surface area contributed by atoms with E-state index < -0.39 is 17.7 Å². The molecule has 0 aliphatic heterocycles. The predicted molar refractivity (Wildman–Crippen MR) is 56.2 cm³/mol. The molecule has 0 aliphatic rings. The first-order chi connectivity index (χ1) is 6.31. The predicted octanol–water partition coefficient (Wildman–Crippen LogP) is 0.413. The Bertz CT molecular complexity index is 191. The fourth-order valence-corrected chi connectivity index (χ4v) is 1.70. The number of esters is 1. The molecule has 0 aromatic rings. The van der Waals surface area contributed by atoms with Crippen LogP contribution < -0.4 is 0 Å². The zero-order chi connectivity index (χ0) is 11.4. The Hall–Kier alpha value is -0.260. The van der Waals surface area contributed by atoms with Crippen molar-refractivity contribution in [2.75, 3.05) is 12.9 Å². The summed E-state index contributed by atoms with van der Waals surface area (Å²) < 4.78 is 4.44. The molecule has 0 aliphatic carbocycles. The summed E-state index contributed by atoms with van der Waals surface area (Å²) in [7, 11) is 1.24. The molecule has 0 heterocycles. The lowest BCUT2D eigenvalue weighted by molar-refractivity contribution is -0.158. The highest BCUT2D eigenvalue weighted by Crippen LogP contribution is 2.20. The van der Waals surface area contributed by atoms with Crippen molar-refractivity contribution in [3.8, 4) is 0 Å². The van der Waals surface area contributed by atoms with Crippen LogP contribution in [-0.2, 0) is 9.53 Å². The third kappa shape index (κ3) is 4.30. The number of thioether (sulfide) groups is 1. The fourth-order valence-electron chi connectivity index (χ4n) is 0.712. The van der Waals surface area contributed by atoms with Crippen LogP contribution in [0.4, 0.5) is 0 Å². The summed E-state index contributed by atoms with van der Waals surface area (Å²) in [5.74, 6) is -0.436. The van der Waals surface area contributed by atoms with E-state index in [0.29, 0.717) is 0 Å². The van der Waals surface area contributed by atoms with Gasteiger partial charge >= 0.3 is 5.97 Å². The van der Waals surface area contributed by atoms with Crippen LogP contribution in [0.5, 0.6) is 0 Å². The lowest BCUT2D eigenvalue weighted by atomic mass is 10.1. The first-order valence-corrected chi connectivity index (χ1v) is 5.46. The summed E-state index contributed by atoms with van der Waals surface area (Å²) in [6.07, 6.45) is -0.464. The van der Waals surface area contributed by atoms with E-state index in [1.807, 2.05) is 6.92 Å². The molecule has 2 N–H and O–H groups in total. The van der Waals surface area contributed by atoms with Crippen LogP contribution in [0.15, 0.2) is 0 Å². The monoisotopic (exact) mass is 222 g/mol. The van der Waals surface area contributed by atoms with Crippen LogP contribution in [-0.4, -0.2) is 46.0 Å². The number of hydrogen-bond acceptors (Lipinski definition) is 5. The molecule has 0 saturated heterocycles. The third-order valence-corrected chi connectivity index (χ3v) is 3.58. The van der Waals surface area contributed by atoms with E-state index in [1.165, 1.54) is 25.8 Å². The van der Waals surface area contributed by atoms with Crippen molar-refractivity contribution in [3.63, 3.8) is 0 Å². The highest BCUT2D eigenvalue weighted by atomic mass is 32.2.